The fraction of sp³-hybridized carbons (Fsp3) is 0.579. The highest BCUT2D eigenvalue weighted by molar-refractivity contribution is 5.78. The lowest BCUT2D eigenvalue weighted by atomic mass is 10.1. The summed E-state index contributed by atoms with van der Waals surface area (Å²) in [6.45, 7) is 6.76. The third-order valence-electron chi connectivity index (χ3n) is 5.00. The lowest BCUT2D eigenvalue weighted by Crippen LogP contribution is -2.36. The summed E-state index contributed by atoms with van der Waals surface area (Å²) in [5.74, 6) is 1.00. The van der Waals surface area contributed by atoms with Crippen LogP contribution in [0.15, 0.2) is 24.3 Å². The van der Waals surface area contributed by atoms with Crippen LogP contribution in [-0.2, 0) is 22.7 Å². The van der Waals surface area contributed by atoms with Gasteiger partial charge in [0.25, 0.3) is 0 Å². The average Bonchev–Trinajstić information content (AvgIpc) is 3.15. The molecule has 0 radical (unpaired) electrons. The molecule has 2 fully saturated rings. The second-order valence-electron chi connectivity index (χ2n) is 7.09. The summed E-state index contributed by atoms with van der Waals surface area (Å²) in [5.41, 5.74) is 2.23. The number of carbonyl (C=O) groups excluding carboxylic acids is 2. The number of hydrogen-bond donors (Lipinski definition) is 1. The maximum Gasteiger partial charge on any atom is 0.234 e. The molecule has 0 bridgehead atoms. The zero-order valence-electron chi connectivity index (χ0n) is 14.5. The van der Waals surface area contributed by atoms with Crippen molar-refractivity contribution in [2.45, 2.75) is 39.3 Å². The number of benzene rings is 1. The van der Waals surface area contributed by atoms with E-state index in [1.54, 1.807) is 0 Å². The van der Waals surface area contributed by atoms with Crippen molar-refractivity contribution in [3.8, 4) is 0 Å². The third-order valence-corrected chi connectivity index (χ3v) is 5.00. The summed E-state index contributed by atoms with van der Waals surface area (Å²) in [4.78, 5) is 28.1. The minimum Gasteiger partial charge on any atom is -0.351 e. The molecule has 130 valence electrons. The number of nitrogens with one attached hydrogen (secondary N) is 1. The minimum absolute atomic E-state index is 0.0798. The van der Waals surface area contributed by atoms with Gasteiger partial charge in [-0.15, -0.1) is 0 Å². The van der Waals surface area contributed by atoms with Crippen LogP contribution in [0.5, 0.6) is 0 Å². The van der Waals surface area contributed by atoms with Gasteiger partial charge >= 0.3 is 0 Å². The zero-order valence-corrected chi connectivity index (χ0v) is 14.5. The molecule has 5 heteroatoms. The Hall–Kier alpha value is -1.88. The van der Waals surface area contributed by atoms with Crippen molar-refractivity contribution in [1.82, 2.24) is 15.1 Å². The predicted molar refractivity (Wildman–Crippen MR) is 93.2 cm³/mol. The van der Waals surface area contributed by atoms with Crippen molar-refractivity contribution in [2.75, 3.05) is 26.2 Å². The molecule has 5 nitrogen and oxygen atoms in total. The van der Waals surface area contributed by atoms with Crippen molar-refractivity contribution in [3.63, 3.8) is 0 Å². The van der Waals surface area contributed by atoms with Crippen LogP contribution in [0.4, 0.5) is 0 Å². The Balaban J connectivity index is 1.53. The molecule has 1 aromatic rings. The van der Waals surface area contributed by atoms with Crippen LogP contribution in [-0.4, -0.2) is 47.8 Å². The summed E-state index contributed by atoms with van der Waals surface area (Å²) >= 11 is 0. The van der Waals surface area contributed by atoms with Gasteiger partial charge in [-0.3, -0.25) is 14.5 Å². The van der Waals surface area contributed by atoms with Crippen molar-refractivity contribution in [3.05, 3.63) is 35.4 Å². The lowest BCUT2D eigenvalue weighted by molar-refractivity contribution is -0.128. The molecule has 2 aliphatic heterocycles. The van der Waals surface area contributed by atoms with E-state index in [4.69, 9.17) is 0 Å². The van der Waals surface area contributed by atoms with Crippen molar-refractivity contribution in [1.29, 1.82) is 0 Å². The topological polar surface area (TPSA) is 52.7 Å². The fourth-order valence-electron chi connectivity index (χ4n) is 3.58. The summed E-state index contributed by atoms with van der Waals surface area (Å²) in [6, 6.07) is 8.06. The maximum atomic E-state index is 12.2. The van der Waals surface area contributed by atoms with Gasteiger partial charge < -0.3 is 10.2 Å². The molecule has 3 rings (SSSR count). The molecular weight excluding hydrogens is 302 g/mol. The summed E-state index contributed by atoms with van der Waals surface area (Å²) in [6.07, 6.45) is 2.79. The molecule has 2 aliphatic rings. The van der Waals surface area contributed by atoms with Crippen LogP contribution >= 0.6 is 0 Å². The molecule has 24 heavy (non-hydrogen) atoms. The quantitative estimate of drug-likeness (QED) is 0.865. The molecule has 2 heterocycles. The Morgan fingerprint density at radius 1 is 1.25 bits per heavy atom. The van der Waals surface area contributed by atoms with Gasteiger partial charge in [0.05, 0.1) is 6.54 Å². The smallest absolute Gasteiger partial charge is 0.234 e. The average molecular weight is 329 g/mol. The molecule has 0 saturated carbocycles. The number of rotatable bonds is 6. The number of carbonyl (C=O) groups is 2. The second kappa shape index (κ2) is 7.79. The van der Waals surface area contributed by atoms with Crippen LogP contribution in [0.3, 0.4) is 0 Å². The van der Waals surface area contributed by atoms with E-state index in [0.717, 1.165) is 37.2 Å². The van der Waals surface area contributed by atoms with Crippen LogP contribution in [0.2, 0.25) is 0 Å². The zero-order chi connectivity index (χ0) is 16.9. The van der Waals surface area contributed by atoms with Gasteiger partial charge in [-0.25, -0.2) is 0 Å². The number of nitrogens with zero attached hydrogens (tertiary/aromatic N) is 2. The van der Waals surface area contributed by atoms with Gasteiger partial charge in [0.1, 0.15) is 0 Å². The molecule has 1 unspecified atom stereocenters. The fourth-order valence-corrected chi connectivity index (χ4v) is 3.58. The first-order chi connectivity index (χ1) is 11.6. The summed E-state index contributed by atoms with van der Waals surface area (Å²) in [5, 5.41) is 3.03. The van der Waals surface area contributed by atoms with E-state index < -0.39 is 0 Å². The highest BCUT2D eigenvalue weighted by Crippen LogP contribution is 2.17. The molecule has 1 aromatic carbocycles. The first-order valence-electron chi connectivity index (χ1n) is 8.95. The number of hydrogen-bond acceptors (Lipinski definition) is 3. The van der Waals surface area contributed by atoms with Crippen molar-refractivity contribution >= 4 is 11.8 Å². The van der Waals surface area contributed by atoms with Gasteiger partial charge in [0, 0.05) is 32.6 Å². The molecule has 0 spiro atoms. The SMILES string of the molecule is CC1CCN(CC(=O)NCc2ccccc2CN2CCCC2=O)C1. The molecule has 2 saturated heterocycles. The number of amides is 2. The molecule has 0 aliphatic carbocycles. The Bertz CT molecular complexity index is 602. The predicted octanol–water partition coefficient (Wildman–Crippen LogP) is 1.77. The Morgan fingerprint density at radius 3 is 2.71 bits per heavy atom. The molecule has 1 N–H and O–H groups in total. The van der Waals surface area contributed by atoms with E-state index in [-0.39, 0.29) is 11.8 Å². The molecule has 0 aromatic heterocycles. The van der Waals surface area contributed by atoms with Crippen LogP contribution in [0.1, 0.15) is 37.3 Å². The van der Waals surface area contributed by atoms with Crippen molar-refractivity contribution < 1.29 is 9.59 Å². The van der Waals surface area contributed by atoms with E-state index in [2.05, 4.69) is 23.2 Å². The first kappa shape index (κ1) is 17.0. The van der Waals surface area contributed by atoms with Crippen molar-refractivity contribution in [2.24, 2.45) is 5.92 Å². The normalized spacial score (nSPS) is 21.5. The van der Waals surface area contributed by atoms with E-state index in [1.165, 1.54) is 6.42 Å². The first-order valence-corrected chi connectivity index (χ1v) is 8.95. The monoisotopic (exact) mass is 329 g/mol. The Labute approximate surface area is 144 Å². The van der Waals surface area contributed by atoms with Gasteiger partial charge in [-0.1, -0.05) is 31.2 Å². The number of likely N-dealkylation sites (tertiary alicyclic amines) is 2. The molecular formula is C19H27N3O2. The van der Waals surface area contributed by atoms with Gasteiger partial charge in [-0.05, 0) is 36.4 Å². The van der Waals surface area contributed by atoms with Crippen LogP contribution in [0.25, 0.3) is 0 Å². The van der Waals surface area contributed by atoms with Crippen LogP contribution < -0.4 is 5.32 Å². The highest BCUT2D eigenvalue weighted by atomic mass is 16.2. The van der Waals surface area contributed by atoms with Gasteiger partial charge in [0.2, 0.25) is 11.8 Å². The van der Waals surface area contributed by atoms with Gasteiger partial charge in [0.15, 0.2) is 0 Å². The second-order valence-corrected chi connectivity index (χ2v) is 7.09. The summed E-state index contributed by atoms with van der Waals surface area (Å²) in [7, 11) is 0. The lowest BCUT2D eigenvalue weighted by Gasteiger charge is -2.19. The van der Waals surface area contributed by atoms with Crippen LogP contribution in [0, 0.1) is 5.92 Å². The maximum absolute atomic E-state index is 12.2. The molecule has 1 atom stereocenters. The standard InChI is InChI=1S/C19H27N3O2/c1-15-8-10-21(12-15)14-18(23)20-11-16-5-2-3-6-17(16)13-22-9-4-7-19(22)24/h2-3,5-6,15H,4,7-14H2,1H3,(H,20,23). The third kappa shape index (κ3) is 4.35. The van der Waals surface area contributed by atoms with E-state index in [1.807, 2.05) is 23.1 Å². The van der Waals surface area contributed by atoms with E-state index >= 15 is 0 Å². The molecule has 2 amide bonds. The highest BCUT2D eigenvalue weighted by Gasteiger charge is 2.22. The van der Waals surface area contributed by atoms with E-state index in [9.17, 15) is 9.59 Å². The Kier molecular flexibility index (Phi) is 5.51. The summed E-state index contributed by atoms with van der Waals surface area (Å²) < 4.78 is 0. The largest absolute Gasteiger partial charge is 0.351 e. The van der Waals surface area contributed by atoms with E-state index in [0.29, 0.717) is 32.0 Å². The minimum atomic E-state index is 0.0798. The van der Waals surface area contributed by atoms with Gasteiger partial charge in [-0.2, -0.15) is 0 Å². The Morgan fingerprint density at radius 2 is 2.04 bits per heavy atom.